The summed E-state index contributed by atoms with van der Waals surface area (Å²) < 4.78 is 15.9. The first kappa shape index (κ1) is 17.7. The molecule has 1 amide bonds. The number of anilines is 3. The molecule has 2 N–H and O–H groups in total. The molecular weight excluding hydrogens is 358 g/mol. The minimum atomic E-state index is -0.249. The van der Waals surface area contributed by atoms with Gasteiger partial charge in [0.05, 0.1) is 24.7 Å². The van der Waals surface area contributed by atoms with E-state index < -0.39 is 0 Å². The second-order valence-electron chi connectivity index (χ2n) is 6.28. The van der Waals surface area contributed by atoms with Gasteiger partial charge in [0, 0.05) is 5.56 Å². The van der Waals surface area contributed by atoms with E-state index in [0.717, 1.165) is 17.0 Å². The fourth-order valence-electron chi connectivity index (χ4n) is 2.84. The number of hydrogen-bond donors (Lipinski definition) is 2. The quantitative estimate of drug-likeness (QED) is 0.696. The molecule has 1 aliphatic heterocycles. The van der Waals surface area contributed by atoms with Crippen LogP contribution in [0.4, 0.5) is 17.2 Å². The number of benzene rings is 2. The SMILES string of the molecule is COc1ccc(C)cc1Nc1ccc(NC(=O)c2ccc3c(c2)OCO3)cn1. The number of aryl methyl sites for hydroxylation is 1. The van der Waals surface area contributed by atoms with Crippen molar-refractivity contribution in [3.8, 4) is 17.2 Å². The minimum Gasteiger partial charge on any atom is -0.495 e. The maximum Gasteiger partial charge on any atom is 0.255 e. The third kappa shape index (κ3) is 3.68. The molecule has 1 aromatic heterocycles. The van der Waals surface area contributed by atoms with Gasteiger partial charge in [0.1, 0.15) is 11.6 Å². The van der Waals surface area contributed by atoms with Crippen LogP contribution in [0.1, 0.15) is 15.9 Å². The number of pyridine rings is 1. The number of carbonyl (C=O) groups excluding carboxylic acids is 1. The van der Waals surface area contributed by atoms with Crippen molar-refractivity contribution in [2.75, 3.05) is 24.5 Å². The van der Waals surface area contributed by atoms with Gasteiger partial charge in [0.15, 0.2) is 11.5 Å². The van der Waals surface area contributed by atoms with Gasteiger partial charge in [0.25, 0.3) is 5.91 Å². The minimum absolute atomic E-state index is 0.171. The van der Waals surface area contributed by atoms with Gasteiger partial charge in [-0.25, -0.2) is 4.98 Å². The Morgan fingerprint density at radius 1 is 1.07 bits per heavy atom. The fraction of sp³-hybridized carbons (Fsp3) is 0.143. The van der Waals surface area contributed by atoms with Crippen molar-refractivity contribution in [3.05, 3.63) is 65.9 Å². The second kappa shape index (κ2) is 7.48. The Labute approximate surface area is 162 Å². The van der Waals surface area contributed by atoms with Crippen LogP contribution in [0.15, 0.2) is 54.7 Å². The lowest BCUT2D eigenvalue weighted by atomic mass is 10.2. The third-order valence-electron chi connectivity index (χ3n) is 4.27. The number of amides is 1. The Morgan fingerprint density at radius 2 is 1.93 bits per heavy atom. The largest absolute Gasteiger partial charge is 0.495 e. The highest BCUT2D eigenvalue weighted by atomic mass is 16.7. The molecule has 2 aromatic carbocycles. The van der Waals surface area contributed by atoms with Gasteiger partial charge in [0.2, 0.25) is 6.79 Å². The molecule has 142 valence electrons. The zero-order valence-corrected chi connectivity index (χ0v) is 15.5. The molecule has 2 heterocycles. The average Bonchev–Trinajstić information content (AvgIpc) is 3.17. The van der Waals surface area contributed by atoms with Gasteiger partial charge in [-0.2, -0.15) is 0 Å². The molecule has 0 bridgehead atoms. The zero-order valence-electron chi connectivity index (χ0n) is 15.5. The Balaban J connectivity index is 1.45. The number of nitrogens with zero attached hydrogens (tertiary/aromatic N) is 1. The first-order valence-electron chi connectivity index (χ1n) is 8.71. The smallest absolute Gasteiger partial charge is 0.255 e. The molecule has 0 spiro atoms. The summed E-state index contributed by atoms with van der Waals surface area (Å²) >= 11 is 0. The van der Waals surface area contributed by atoms with Gasteiger partial charge >= 0.3 is 0 Å². The molecule has 4 rings (SSSR count). The van der Waals surface area contributed by atoms with Crippen molar-refractivity contribution in [1.29, 1.82) is 0 Å². The molecule has 0 radical (unpaired) electrons. The van der Waals surface area contributed by atoms with E-state index in [0.29, 0.717) is 28.6 Å². The van der Waals surface area contributed by atoms with E-state index >= 15 is 0 Å². The van der Waals surface area contributed by atoms with E-state index in [1.807, 2.05) is 25.1 Å². The predicted octanol–water partition coefficient (Wildman–Crippen LogP) is 4.12. The molecule has 7 nitrogen and oxygen atoms in total. The highest BCUT2D eigenvalue weighted by Crippen LogP contribution is 2.33. The Morgan fingerprint density at radius 3 is 2.71 bits per heavy atom. The number of ether oxygens (including phenoxy) is 3. The van der Waals surface area contributed by atoms with Crippen LogP contribution in [0.3, 0.4) is 0 Å². The van der Waals surface area contributed by atoms with E-state index in [-0.39, 0.29) is 12.7 Å². The summed E-state index contributed by atoms with van der Waals surface area (Å²) in [5.41, 5.74) is 3.00. The van der Waals surface area contributed by atoms with Crippen molar-refractivity contribution in [1.82, 2.24) is 4.98 Å². The second-order valence-corrected chi connectivity index (χ2v) is 6.28. The van der Waals surface area contributed by atoms with E-state index in [4.69, 9.17) is 14.2 Å². The molecular formula is C21H19N3O4. The molecule has 3 aromatic rings. The Hall–Kier alpha value is -3.74. The molecule has 1 aliphatic rings. The zero-order chi connectivity index (χ0) is 19.5. The van der Waals surface area contributed by atoms with Gasteiger partial charge < -0.3 is 24.8 Å². The summed E-state index contributed by atoms with van der Waals surface area (Å²) in [5.74, 6) is 2.33. The third-order valence-corrected chi connectivity index (χ3v) is 4.27. The summed E-state index contributed by atoms with van der Waals surface area (Å²) in [6, 6.07) is 14.5. The number of aromatic nitrogens is 1. The number of fused-ring (bicyclic) bond motifs is 1. The summed E-state index contributed by atoms with van der Waals surface area (Å²) in [7, 11) is 1.62. The fourth-order valence-corrected chi connectivity index (χ4v) is 2.84. The molecule has 0 atom stereocenters. The van der Waals surface area contributed by atoms with E-state index in [9.17, 15) is 4.79 Å². The van der Waals surface area contributed by atoms with Crippen molar-refractivity contribution in [3.63, 3.8) is 0 Å². The Kier molecular flexibility index (Phi) is 4.72. The van der Waals surface area contributed by atoms with Crippen LogP contribution in [-0.2, 0) is 0 Å². The van der Waals surface area contributed by atoms with Crippen LogP contribution in [-0.4, -0.2) is 24.8 Å². The number of methoxy groups -OCH3 is 1. The van der Waals surface area contributed by atoms with Crippen LogP contribution in [0.25, 0.3) is 0 Å². The Bertz CT molecular complexity index is 1020. The standard InChI is InChI=1S/C21H19N3O4/c1-13-3-6-17(26-2)16(9-13)24-20-8-5-15(11-22-20)23-21(25)14-4-7-18-19(10-14)28-12-27-18/h3-11H,12H2,1-2H3,(H,22,24)(H,23,25). The monoisotopic (exact) mass is 377 g/mol. The highest BCUT2D eigenvalue weighted by molar-refractivity contribution is 6.04. The van der Waals surface area contributed by atoms with Gasteiger partial charge in [-0.3, -0.25) is 4.79 Å². The lowest BCUT2D eigenvalue weighted by molar-refractivity contribution is 0.102. The van der Waals surface area contributed by atoms with Crippen LogP contribution >= 0.6 is 0 Å². The van der Waals surface area contributed by atoms with Crippen molar-refractivity contribution in [2.45, 2.75) is 6.92 Å². The molecule has 0 saturated carbocycles. The van der Waals surface area contributed by atoms with E-state index in [1.54, 1.807) is 43.6 Å². The van der Waals surface area contributed by atoms with Crippen molar-refractivity contribution < 1.29 is 19.0 Å². The molecule has 0 saturated heterocycles. The molecule has 0 fully saturated rings. The van der Waals surface area contributed by atoms with Crippen molar-refractivity contribution in [2.24, 2.45) is 0 Å². The lowest BCUT2D eigenvalue weighted by Crippen LogP contribution is -2.12. The molecule has 28 heavy (non-hydrogen) atoms. The lowest BCUT2D eigenvalue weighted by Gasteiger charge is -2.12. The summed E-state index contributed by atoms with van der Waals surface area (Å²) in [5, 5.41) is 6.05. The average molecular weight is 377 g/mol. The maximum atomic E-state index is 12.4. The van der Waals surface area contributed by atoms with Gasteiger partial charge in [-0.1, -0.05) is 6.07 Å². The van der Waals surface area contributed by atoms with Crippen LogP contribution in [0.5, 0.6) is 17.2 Å². The van der Waals surface area contributed by atoms with Gasteiger partial charge in [-0.05, 0) is 55.0 Å². The number of carbonyl (C=O) groups is 1. The van der Waals surface area contributed by atoms with E-state index in [2.05, 4.69) is 15.6 Å². The number of hydrogen-bond acceptors (Lipinski definition) is 6. The first-order valence-corrected chi connectivity index (χ1v) is 8.71. The topological polar surface area (TPSA) is 81.7 Å². The predicted molar refractivity (Wildman–Crippen MR) is 106 cm³/mol. The molecule has 7 heteroatoms. The maximum absolute atomic E-state index is 12.4. The van der Waals surface area contributed by atoms with Crippen LogP contribution in [0.2, 0.25) is 0 Å². The summed E-state index contributed by atoms with van der Waals surface area (Å²) in [4.78, 5) is 16.8. The molecule has 0 unspecified atom stereocenters. The summed E-state index contributed by atoms with van der Waals surface area (Å²) in [6.07, 6.45) is 1.59. The highest BCUT2D eigenvalue weighted by Gasteiger charge is 2.16. The van der Waals surface area contributed by atoms with E-state index in [1.165, 1.54) is 0 Å². The summed E-state index contributed by atoms with van der Waals surface area (Å²) in [6.45, 7) is 2.18. The van der Waals surface area contributed by atoms with Crippen molar-refractivity contribution >= 4 is 23.1 Å². The van der Waals surface area contributed by atoms with Crippen LogP contribution in [0, 0.1) is 6.92 Å². The first-order chi connectivity index (χ1) is 13.6. The number of rotatable bonds is 5. The normalized spacial score (nSPS) is 11.8. The van der Waals surface area contributed by atoms with Gasteiger partial charge in [-0.15, -0.1) is 0 Å². The van der Waals surface area contributed by atoms with Crippen LogP contribution < -0.4 is 24.8 Å². The molecule has 0 aliphatic carbocycles. The number of nitrogens with one attached hydrogen (secondary N) is 2.